The van der Waals surface area contributed by atoms with Gasteiger partial charge in [0.1, 0.15) is 0 Å². The Hall–Kier alpha value is -0.560. The van der Waals surface area contributed by atoms with E-state index in [4.69, 9.17) is 11.6 Å². The average Bonchev–Trinajstić information content (AvgIpc) is 2.93. The molecule has 0 spiro atoms. The molecule has 1 aliphatic heterocycles. The van der Waals surface area contributed by atoms with Crippen LogP contribution in [0.25, 0.3) is 0 Å². The van der Waals surface area contributed by atoms with E-state index in [1.807, 2.05) is 4.90 Å². The van der Waals surface area contributed by atoms with Crippen molar-refractivity contribution in [3.05, 3.63) is 5.01 Å². The van der Waals surface area contributed by atoms with Crippen molar-refractivity contribution in [1.82, 2.24) is 10.2 Å². The van der Waals surface area contributed by atoms with Crippen LogP contribution in [0.5, 0.6) is 0 Å². The van der Waals surface area contributed by atoms with E-state index in [9.17, 15) is 13.2 Å². The van der Waals surface area contributed by atoms with Crippen LogP contribution in [-0.4, -0.2) is 28.7 Å². The Bertz CT molecular complexity index is 396. The Morgan fingerprint density at radius 3 is 2.78 bits per heavy atom. The predicted molar refractivity (Wildman–Crippen MR) is 65.2 cm³/mol. The van der Waals surface area contributed by atoms with Crippen LogP contribution >= 0.6 is 22.9 Å². The first-order chi connectivity index (χ1) is 8.52. The summed E-state index contributed by atoms with van der Waals surface area (Å²) in [6.45, 7) is 0.749. The predicted octanol–water partition coefficient (Wildman–Crippen LogP) is 3.54. The van der Waals surface area contributed by atoms with Crippen molar-refractivity contribution in [3.63, 3.8) is 0 Å². The Kier molecular flexibility index (Phi) is 4.32. The molecule has 2 rings (SSSR count). The smallest absolute Gasteiger partial charge is 0.344 e. The maximum absolute atomic E-state index is 12.5. The maximum atomic E-state index is 12.5. The lowest BCUT2D eigenvalue weighted by Gasteiger charge is -2.23. The van der Waals surface area contributed by atoms with Gasteiger partial charge in [-0.2, -0.15) is 13.2 Å². The summed E-state index contributed by atoms with van der Waals surface area (Å²) in [4.78, 5) is 1.93. The van der Waals surface area contributed by atoms with Gasteiger partial charge < -0.3 is 4.90 Å². The van der Waals surface area contributed by atoms with Gasteiger partial charge in [-0.3, -0.25) is 0 Å². The number of alkyl halides is 4. The van der Waals surface area contributed by atoms with Gasteiger partial charge in [0, 0.05) is 18.5 Å². The van der Waals surface area contributed by atoms with E-state index in [0.717, 1.165) is 32.2 Å². The third kappa shape index (κ3) is 3.06. The average molecular weight is 300 g/mol. The molecule has 0 aromatic carbocycles. The summed E-state index contributed by atoms with van der Waals surface area (Å²) < 4.78 is 37.4. The number of anilines is 1. The highest BCUT2D eigenvalue weighted by Crippen LogP contribution is 2.37. The fraction of sp³-hybridized carbons (Fsp3) is 0.800. The molecule has 0 amide bonds. The summed E-state index contributed by atoms with van der Waals surface area (Å²) in [6, 6.07) is 0.248. The zero-order valence-electron chi connectivity index (χ0n) is 9.58. The molecule has 0 saturated carbocycles. The Morgan fingerprint density at radius 2 is 2.17 bits per heavy atom. The van der Waals surface area contributed by atoms with E-state index in [0.29, 0.717) is 22.3 Å². The van der Waals surface area contributed by atoms with Crippen LogP contribution in [0.2, 0.25) is 0 Å². The third-order valence-corrected chi connectivity index (χ3v) is 4.22. The van der Waals surface area contributed by atoms with Gasteiger partial charge >= 0.3 is 6.18 Å². The van der Waals surface area contributed by atoms with E-state index >= 15 is 0 Å². The number of halogens is 4. The number of nitrogens with zero attached hydrogens (tertiary/aromatic N) is 3. The summed E-state index contributed by atoms with van der Waals surface area (Å²) in [6.07, 6.45) is -0.676. The van der Waals surface area contributed by atoms with Crippen LogP contribution in [-0.2, 0) is 6.18 Å². The first kappa shape index (κ1) is 13.9. The molecular weight excluding hydrogens is 287 g/mol. The van der Waals surface area contributed by atoms with Crippen LogP contribution in [0.3, 0.4) is 0 Å². The lowest BCUT2D eigenvalue weighted by atomic mass is 10.1. The highest BCUT2D eigenvalue weighted by molar-refractivity contribution is 7.15. The van der Waals surface area contributed by atoms with E-state index in [-0.39, 0.29) is 6.04 Å². The van der Waals surface area contributed by atoms with Crippen molar-refractivity contribution in [2.45, 2.75) is 37.9 Å². The van der Waals surface area contributed by atoms with Gasteiger partial charge in [0.2, 0.25) is 10.1 Å². The molecule has 0 N–H and O–H groups in total. The minimum Gasteiger partial charge on any atom is -0.344 e. The molecule has 1 atom stereocenters. The molecule has 2 heterocycles. The summed E-state index contributed by atoms with van der Waals surface area (Å²) in [5, 5.41) is 6.39. The van der Waals surface area contributed by atoms with Crippen LogP contribution in [0.4, 0.5) is 18.3 Å². The third-order valence-electron chi connectivity index (χ3n) is 2.95. The van der Waals surface area contributed by atoms with Crippen molar-refractivity contribution in [2.75, 3.05) is 17.3 Å². The number of aromatic nitrogens is 2. The van der Waals surface area contributed by atoms with E-state index < -0.39 is 11.2 Å². The van der Waals surface area contributed by atoms with E-state index in [1.165, 1.54) is 0 Å². The summed E-state index contributed by atoms with van der Waals surface area (Å²) >= 11 is 6.27. The fourth-order valence-corrected chi connectivity index (χ4v) is 3.11. The lowest BCUT2D eigenvalue weighted by Crippen LogP contribution is -2.29. The summed E-state index contributed by atoms with van der Waals surface area (Å²) in [7, 11) is 0. The topological polar surface area (TPSA) is 29.0 Å². The summed E-state index contributed by atoms with van der Waals surface area (Å²) in [5.74, 6) is 0.578. The van der Waals surface area contributed by atoms with Crippen molar-refractivity contribution >= 4 is 28.1 Å². The molecular formula is C10H13ClF3N3S. The molecule has 1 saturated heterocycles. The van der Waals surface area contributed by atoms with Gasteiger partial charge in [-0.05, 0) is 25.7 Å². The van der Waals surface area contributed by atoms with Gasteiger partial charge in [-0.1, -0.05) is 11.3 Å². The molecule has 1 unspecified atom stereocenters. The standard InChI is InChI=1S/C10H13ClF3N3S/c11-5-1-3-7-4-2-6-17(7)9-16-15-8(18-9)10(12,13)14/h7H,1-6H2. The first-order valence-corrected chi connectivity index (χ1v) is 7.11. The van der Waals surface area contributed by atoms with Crippen molar-refractivity contribution in [3.8, 4) is 0 Å². The minimum absolute atomic E-state index is 0.248. The first-order valence-electron chi connectivity index (χ1n) is 5.75. The second kappa shape index (κ2) is 5.61. The van der Waals surface area contributed by atoms with Crippen molar-refractivity contribution in [1.29, 1.82) is 0 Å². The quantitative estimate of drug-likeness (QED) is 0.796. The number of hydrogen-bond donors (Lipinski definition) is 0. The lowest BCUT2D eigenvalue weighted by molar-refractivity contribution is -0.138. The second-order valence-corrected chi connectivity index (χ2v) is 5.54. The largest absolute Gasteiger partial charge is 0.445 e. The molecule has 102 valence electrons. The van der Waals surface area contributed by atoms with Crippen molar-refractivity contribution < 1.29 is 13.2 Å². The number of hydrogen-bond acceptors (Lipinski definition) is 4. The Morgan fingerprint density at radius 1 is 1.39 bits per heavy atom. The van der Waals surface area contributed by atoms with Crippen LogP contribution in [0.15, 0.2) is 0 Å². The van der Waals surface area contributed by atoms with Gasteiger partial charge in [0.05, 0.1) is 0 Å². The molecule has 3 nitrogen and oxygen atoms in total. The SMILES string of the molecule is FC(F)(F)c1nnc(N2CCCC2CCCCl)s1. The highest BCUT2D eigenvalue weighted by atomic mass is 35.5. The fourth-order valence-electron chi connectivity index (χ4n) is 2.15. The molecule has 1 fully saturated rings. The second-order valence-electron chi connectivity index (χ2n) is 4.21. The van der Waals surface area contributed by atoms with E-state index in [2.05, 4.69) is 10.2 Å². The Balaban J connectivity index is 2.08. The molecule has 1 aliphatic rings. The summed E-state index contributed by atoms with van der Waals surface area (Å²) in [5.41, 5.74) is 0. The van der Waals surface area contributed by atoms with Crippen LogP contribution in [0, 0.1) is 0 Å². The minimum atomic E-state index is -4.40. The highest BCUT2D eigenvalue weighted by Gasteiger charge is 2.37. The molecule has 0 radical (unpaired) electrons. The zero-order valence-corrected chi connectivity index (χ0v) is 11.2. The van der Waals surface area contributed by atoms with Gasteiger partial charge in [0.15, 0.2) is 0 Å². The number of rotatable bonds is 4. The van der Waals surface area contributed by atoms with Crippen molar-refractivity contribution in [2.24, 2.45) is 0 Å². The normalized spacial score (nSPS) is 20.7. The van der Waals surface area contributed by atoms with Gasteiger partial charge in [0.25, 0.3) is 0 Å². The molecule has 0 bridgehead atoms. The Labute approximate surface area is 112 Å². The molecule has 18 heavy (non-hydrogen) atoms. The molecule has 8 heteroatoms. The van der Waals surface area contributed by atoms with Crippen LogP contribution in [0.1, 0.15) is 30.7 Å². The van der Waals surface area contributed by atoms with Gasteiger partial charge in [-0.15, -0.1) is 21.8 Å². The maximum Gasteiger partial charge on any atom is 0.445 e. The zero-order chi connectivity index (χ0) is 13.2. The van der Waals surface area contributed by atoms with Gasteiger partial charge in [-0.25, -0.2) is 0 Å². The monoisotopic (exact) mass is 299 g/mol. The van der Waals surface area contributed by atoms with Crippen LogP contribution < -0.4 is 4.90 Å². The molecule has 1 aromatic heterocycles. The molecule has 0 aliphatic carbocycles. The molecule has 1 aromatic rings. The van der Waals surface area contributed by atoms with E-state index in [1.54, 1.807) is 0 Å².